The number of terminal acetylenes is 1. The number of carbonyl (C=O) groups is 2. The molecule has 0 aliphatic rings. The highest BCUT2D eigenvalue weighted by atomic mass is 79.9. The van der Waals surface area contributed by atoms with E-state index in [1.807, 2.05) is 84.9 Å². The molecule has 0 atom stereocenters. The zero-order valence-corrected chi connectivity index (χ0v) is 22.1. The summed E-state index contributed by atoms with van der Waals surface area (Å²) >= 11 is 3.27. The van der Waals surface area contributed by atoms with Gasteiger partial charge in [-0.25, -0.2) is 0 Å². The first kappa shape index (κ1) is 28.7. The molecular weight excluding hydrogens is 528 g/mol. The van der Waals surface area contributed by atoms with E-state index in [4.69, 9.17) is 15.9 Å². The van der Waals surface area contributed by atoms with Crippen LogP contribution in [0.2, 0.25) is 0 Å². The third-order valence-corrected chi connectivity index (χ3v) is 4.79. The van der Waals surface area contributed by atoms with E-state index >= 15 is 0 Å². The zero-order chi connectivity index (χ0) is 26.9. The third kappa shape index (κ3) is 12.6. The fourth-order valence-electron chi connectivity index (χ4n) is 2.64. The van der Waals surface area contributed by atoms with Gasteiger partial charge in [0.05, 0.1) is 0 Å². The van der Waals surface area contributed by atoms with Crippen LogP contribution in [-0.4, -0.2) is 11.9 Å². The number of carbonyl (C=O) groups excluding carboxylic acids is 2. The fraction of sp³-hybridized carbons (Fsp3) is 0.0625. The minimum absolute atomic E-state index is 0.299. The molecule has 0 unspecified atom stereocenters. The Morgan fingerprint density at radius 2 is 0.973 bits per heavy atom. The Morgan fingerprint density at radius 1 is 0.595 bits per heavy atom. The summed E-state index contributed by atoms with van der Waals surface area (Å²) in [6, 6.07) is 33.6. The van der Waals surface area contributed by atoms with Crippen LogP contribution in [0.1, 0.15) is 30.5 Å². The monoisotopic (exact) mass is 552 g/mol. The Balaban J connectivity index is 0.000000215. The van der Waals surface area contributed by atoms with Crippen molar-refractivity contribution in [1.29, 1.82) is 0 Å². The molecular formula is C32H25BrO4. The van der Waals surface area contributed by atoms with E-state index < -0.39 is 0 Å². The third-order valence-electron chi connectivity index (χ3n) is 4.26. The van der Waals surface area contributed by atoms with E-state index in [1.54, 1.807) is 24.3 Å². The highest BCUT2D eigenvalue weighted by Gasteiger charge is 1.97. The van der Waals surface area contributed by atoms with Crippen LogP contribution < -0.4 is 9.47 Å². The van der Waals surface area contributed by atoms with Gasteiger partial charge in [0.1, 0.15) is 11.5 Å². The molecule has 0 aliphatic carbocycles. The molecule has 0 spiro atoms. The second kappa shape index (κ2) is 16.2. The standard InChI is InChI=1S/C16H12O2.C8H7BrO2.C8H6/c1-13(17)18-16-11-9-15(10-12-16)8-7-14-5-3-2-4-6-14;1-6(10)11-8-4-2-7(9)3-5-8;1-2-8-6-4-3-5-7-8/h2-6,9-12H,1H3;2-5H,1H3;1,3-7H. The van der Waals surface area contributed by atoms with Gasteiger partial charge in [0.25, 0.3) is 0 Å². The molecule has 0 aliphatic heterocycles. The molecule has 4 aromatic rings. The summed E-state index contributed by atoms with van der Waals surface area (Å²) < 4.78 is 10.7. The van der Waals surface area contributed by atoms with E-state index in [0.717, 1.165) is 21.2 Å². The van der Waals surface area contributed by atoms with E-state index in [1.165, 1.54) is 13.8 Å². The van der Waals surface area contributed by atoms with Gasteiger partial charge < -0.3 is 9.47 Å². The predicted octanol–water partition coefficient (Wildman–Crippen LogP) is 7.05. The van der Waals surface area contributed by atoms with E-state index in [0.29, 0.717) is 11.5 Å². The summed E-state index contributed by atoms with van der Waals surface area (Å²) in [7, 11) is 0. The summed E-state index contributed by atoms with van der Waals surface area (Å²) in [4.78, 5) is 21.2. The quantitative estimate of drug-likeness (QED) is 0.152. The molecule has 0 N–H and O–H groups in total. The molecule has 184 valence electrons. The maximum atomic E-state index is 10.8. The van der Waals surface area contributed by atoms with Gasteiger partial charge in [-0.3, -0.25) is 9.59 Å². The Kier molecular flexibility index (Phi) is 12.5. The second-order valence-corrected chi connectivity index (χ2v) is 8.21. The topological polar surface area (TPSA) is 52.6 Å². The molecule has 0 heterocycles. The Labute approximate surface area is 226 Å². The van der Waals surface area contributed by atoms with Crippen LogP contribution in [0.3, 0.4) is 0 Å². The first-order valence-electron chi connectivity index (χ1n) is 11.2. The van der Waals surface area contributed by atoms with Crippen molar-refractivity contribution < 1.29 is 19.1 Å². The minimum Gasteiger partial charge on any atom is -0.427 e. The Hall–Kier alpha value is -4.58. The maximum Gasteiger partial charge on any atom is 0.308 e. The van der Waals surface area contributed by atoms with Gasteiger partial charge in [0.2, 0.25) is 0 Å². The summed E-state index contributed by atoms with van der Waals surface area (Å²) in [5.41, 5.74) is 2.80. The molecule has 0 fully saturated rings. The van der Waals surface area contributed by atoms with Crippen molar-refractivity contribution >= 4 is 27.9 Å². The molecule has 37 heavy (non-hydrogen) atoms. The number of halogens is 1. The van der Waals surface area contributed by atoms with E-state index in [9.17, 15) is 9.59 Å². The smallest absolute Gasteiger partial charge is 0.308 e. The van der Waals surface area contributed by atoms with Gasteiger partial charge in [-0.15, -0.1) is 6.42 Å². The lowest BCUT2D eigenvalue weighted by molar-refractivity contribution is -0.132. The summed E-state index contributed by atoms with van der Waals surface area (Å²) in [6.45, 7) is 2.76. The predicted molar refractivity (Wildman–Crippen MR) is 150 cm³/mol. The normalized spacial score (nSPS) is 8.92. The summed E-state index contributed by atoms with van der Waals surface area (Å²) in [6.07, 6.45) is 5.10. The number of benzene rings is 4. The van der Waals surface area contributed by atoms with Gasteiger partial charge in [0.15, 0.2) is 0 Å². The highest BCUT2D eigenvalue weighted by Crippen LogP contribution is 2.16. The van der Waals surface area contributed by atoms with Crippen LogP contribution in [0.15, 0.2) is 114 Å². The Morgan fingerprint density at radius 3 is 1.35 bits per heavy atom. The fourth-order valence-corrected chi connectivity index (χ4v) is 2.91. The van der Waals surface area contributed by atoms with Gasteiger partial charge >= 0.3 is 11.9 Å². The lowest BCUT2D eigenvalue weighted by atomic mass is 10.2. The van der Waals surface area contributed by atoms with Crippen LogP contribution >= 0.6 is 15.9 Å². The number of hydrogen-bond donors (Lipinski definition) is 0. The van der Waals surface area contributed by atoms with Crippen LogP contribution in [0, 0.1) is 24.2 Å². The maximum absolute atomic E-state index is 10.8. The van der Waals surface area contributed by atoms with Gasteiger partial charge in [0, 0.05) is 35.0 Å². The molecule has 4 nitrogen and oxygen atoms in total. The lowest BCUT2D eigenvalue weighted by Crippen LogP contribution is -2.00. The SMILES string of the molecule is C#Cc1ccccc1.CC(=O)Oc1ccc(Br)cc1.CC(=O)Oc1ccc(C#Cc2ccccc2)cc1. The number of hydrogen-bond acceptors (Lipinski definition) is 4. The second-order valence-electron chi connectivity index (χ2n) is 7.29. The minimum atomic E-state index is -0.321. The van der Waals surface area contributed by atoms with Crippen molar-refractivity contribution in [3.8, 4) is 35.7 Å². The van der Waals surface area contributed by atoms with Crippen molar-refractivity contribution in [3.63, 3.8) is 0 Å². The zero-order valence-electron chi connectivity index (χ0n) is 20.5. The van der Waals surface area contributed by atoms with E-state index in [-0.39, 0.29) is 11.9 Å². The highest BCUT2D eigenvalue weighted by molar-refractivity contribution is 9.10. The molecule has 0 saturated heterocycles. The molecule has 0 amide bonds. The largest absolute Gasteiger partial charge is 0.427 e. The van der Waals surface area contributed by atoms with Crippen LogP contribution in [-0.2, 0) is 9.59 Å². The van der Waals surface area contributed by atoms with Crippen molar-refractivity contribution in [1.82, 2.24) is 0 Å². The van der Waals surface area contributed by atoms with Crippen LogP contribution in [0.25, 0.3) is 0 Å². The van der Waals surface area contributed by atoms with Crippen molar-refractivity contribution in [2.45, 2.75) is 13.8 Å². The molecule has 0 saturated carbocycles. The van der Waals surface area contributed by atoms with Gasteiger partial charge in [-0.05, 0) is 72.8 Å². The summed E-state index contributed by atoms with van der Waals surface area (Å²) in [5, 5.41) is 0. The van der Waals surface area contributed by atoms with Crippen molar-refractivity contribution in [2.24, 2.45) is 0 Å². The van der Waals surface area contributed by atoms with E-state index in [2.05, 4.69) is 33.7 Å². The van der Waals surface area contributed by atoms with Crippen molar-refractivity contribution in [2.75, 3.05) is 0 Å². The van der Waals surface area contributed by atoms with Crippen LogP contribution in [0.5, 0.6) is 11.5 Å². The average Bonchev–Trinajstić information content (AvgIpc) is 2.91. The summed E-state index contributed by atoms with van der Waals surface area (Å²) in [5.74, 6) is 9.13. The Bertz CT molecular complexity index is 1360. The molecule has 0 aromatic heterocycles. The average molecular weight is 553 g/mol. The molecule has 0 bridgehead atoms. The molecule has 0 radical (unpaired) electrons. The first-order valence-corrected chi connectivity index (χ1v) is 12.0. The van der Waals surface area contributed by atoms with Gasteiger partial charge in [-0.1, -0.05) is 70.1 Å². The van der Waals surface area contributed by atoms with Crippen LogP contribution in [0.4, 0.5) is 0 Å². The first-order chi connectivity index (χ1) is 17.9. The number of rotatable bonds is 2. The molecule has 4 rings (SSSR count). The number of esters is 2. The lowest BCUT2D eigenvalue weighted by Gasteiger charge is -1.99. The molecule has 4 aromatic carbocycles. The van der Waals surface area contributed by atoms with Crippen molar-refractivity contribution in [3.05, 3.63) is 130 Å². The number of ether oxygens (including phenoxy) is 2. The van der Waals surface area contributed by atoms with Gasteiger partial charge in [-0.2, -0.15) is 0 Å². The molecule has 5 heteroatoms.